The maximum absolute atomic E-state index is 9.86. The third-order valence-corrected chi connectivity index (χ3v) is 3.32. The van der Waals surface area contributed by atoms with Gasteiger partial charge >= 0.3 is 0 Å². The van der Waals surface area contributed by atoms with E-state index in [-0.39, 0.29) is 0 Å². The van der Waals surface area contributed by atoms with E-state index in [1.807, 2.05) is 36.4 Å². The van der Waals surface area contributed by atoms with Crippen molar-refractivity contribution in [3.8, 4) is 5.75 Å². The second-order valence-electron chi connectivity index (χ2n) is 3.92. The van der Waals surface area contributed by atoms with Gasteiger partial charge in [0.2, 0.25) is 0 Å². The summed E-state index contributed by atoms with van der Waals surface area (Å²) >= 11 is 3.31. The fourth-order valence-corrected chi connectivity index (χ4v) is 2.07. The van der Waals surface area contributed by atoms with Gasteiger partial charge in [0.05, 0.1) is 4.47 Å². The van der Waals surface area contributed by atoms with E-state index in [9.17, 15) is 5.11 Å². The molecule has 0 aromatic heterocycles. The standard InChI is InChI=1S/C14H14BrNO/c1-10-5-2-3-8-13(10)16-9-11-6-4-7-12(15)14(11)17/h2-8,16-17H,9H2,1H3. The molecule has 0 aliphatic heterocycles. The van der Waals surface area contributed by atoms with Crippen LogP contribution in [0.1, 0.15) is 11.1 Å². The zero-order valence-corrected chi connectivity index (χ0v) is 11.2. The molecule has 2 rings (SSSR count). The molecular weight excluding hydrogens is 278 g/mol. The second kappa shape index (κ2) is 5.23. The molecule has 3 heteroatoms. The van der Waals surface area contributed by atoms with Crippen LogP contribution >= 0.6 is 15.9 Å². The number of anilines is 1. The number of phenols is 1. The van der Waals surface area contributed by atoms with Crippen molar-refractivity contribution in [1.82, 2.24) is 0 Å². The summed E-state index contributed by atoms with van der Waals surface area (Å²) in [5, 5.41) is 13.2. The molecule has 88 valence electrons. The number of aromatic hydroxyl groups is 1. The lowest BCUT2D eigenvalue weighted by Crippen LogP contribution is -2.01. The highest BCUT2D eigenvalue weighted by molar-refractivity contribution is 9.10. The molecule has 0 aliphatic rings. The quantitative estimate of drug-likeness (QED) is 0.893. The molecule has 0 atom stereocenters. The zero-order valence-electron chi connectivity index (χ0n) is 9.57. The number of para-hydroxylation sites is 2. The number of benzene rings is 2. The Hall–Kier alpha value is -1.48. The highest BCUT2D eigenvalue weighted by atomic mass is 79.9. The molecule has 0 spiro atoms. The summed E-state index contributed by atoms with van der Waals surface area (Å²) in [5.41, 5.74) is 3.16. The SMILES string of the molecule is Cc1ccccc1NCc1cccc(Br)c1O. The van der Waals surface area contributed by atoms with Gasteiger partial charge in [0, 0.05) is 17.8 Å². The summed E-state index contributed by atoms with van der Waals surface area (Å²) < 4.78 is 0.724. The van der Waals surface area contributed by atoms with Gasteiger partial charge in [0.15, 0.2) is 0 Å². The Morgan fingerprint density at radius 2 is 1.88 bits per heavy atom. The fraction of sp³-hybridized carbons (Fsp3) is 0.143. The fourth-order valence-electron chi connectivity index (χ4n) is 1.66. The molecule has 2 aromatic carbocycles. The second-order valence-corrected chi connectivity index (χ2v) is 4.77. The number of phenolic OH excluding ortho intramolecular Hbond substituents is 1. The molecule has 0 radical (unpaired) electrons. The van der Waals surface area contributed by atoms with Crippen LogP contribution in [0.2, 0.25) is 0 Å². The van der Waals surface area contributed by atoms with Gasteiger partial charge in [-0.05, 0) is 40.5 Å². The van der Waals surface area contributed by atoms with Crippen molar-refractivity contribution < 1.29 is 5.11 Å². The van der Waals surface area contributed by atoms with Crippen LogP contribution in [-0.4, -0.2) is 5.11 Å². The molecule has 0 saturated carbocycles. The summed E-state index contributed by atoms with van der Waals surface area (Å²) in [7, 11) is 0. The molecule has 0 amide bonds. The van der Waals surface area contributed by atoms with Gasteiger partial charge in [-0.25, -0.2) is 0 Å². The predicted molar refractivity (Wildman–Crippen MR) is 74.3 cm³/mol. The van der Waals surface area contributed by atoms with Crippen molar-refractivity contribution in [2.75, 3.05) is 5.32 Å². The number of rotatable bonds is 3. The third kappa shape index (κ3) is 2.80. The molecule has 0 aliphatic carbocycles. The molecule has 2 N–H and O–H groups in total. The smallest absolute Gasteiger partial charge is 0.134 e. The largest absolute Gasteiger partial charge is 0.506 e. The van der Waals surface area contributed by atoms with Crippen LogP contribution in [0.5, 0.6) is 5.75 Å². The summed E-state index contributed by atoms with van der Waals surface area (Å²) in [6.07, 6.45) is 0. The number of hydrogen-bond donors (Lipinski definition) is 2. The van der Waals surface area contributed by atoms with Crippen LogP contribution in [0.15, 0.2) is 46.9 Å². The lowest BCUT2D eigenvalue weighted by molar-refractivity contribution is 0.465. The Morgan fingerprint density at radius 3 is 2.65 bits per heavy atom. The number of hydrogen-bond acceptors (Lipinski definition) is 2. The van der Waals surface area contributed by atoms with Crippen LogP contribution in [0.4, 0.5) is 5.69 Å². The lowest BCUT2D eigenvalue weighted by atomic mass is 10.1. The van der Waals surface area contributed by atoms with E-state index in [2.05, 4.69) is 34.2 Å². The van der Waals surface area contributed by atoms with Crippen LogP contribution in [-0.2, 0) is 6.54 Å². The van der Waals surface area contributed by atoms with E-state index in [0.29, 0.717) is 12.3 Å². The maximum atomic E-state index is 9.86. The van der Waals surface area contributed by atoms with E-state index < -0.39 is 0 Å². The van der Waals surface area contributed by atoms with E-state index in [4.69, 9.17) is 0 Å². The van der Waals surface area contributed by atoms with Gasteiger partial charge in [-0.1, -0.05) is 30.3 Å². The van der Waals surface area contributed by atoms with Crippen molar-refractivity contribution in [2.24, 2.45) is 0 Å². The molecule has 0 heterocycles. The molecule has 17 heavy (non-hydrogen) atoms. The Morgan fingerprint density at radius 1 is 1.12 bits per heavy atom. The molecule has 2 nitrogen and oxygen atoms in total. The Balaban J connectivity index is 2.13. The Bertz CT molecular complexity index is 525. The molecular formula is C14H14BrNO. The first-order chi connectivity index (χ1) is 8.18. The van der Waals surface area contributed by atoms with Gasteiger partial charge in [-0.3, -0.25) is 0 Å². The normalized spacial score (nSPS) is 10.2. The average molecular weight is 292 g/mol. The van der Waals surface area contributed by atoms with E-state index in [1.54, 1.807) is 0 Å². The first kappa shape index (κ1) is 12.0. The highest BCUT2D eigenvalue weighted by Gasteiger charge is 2.04. The van der Waals surface area contributed by atoms with Gasteiger partial charge in [-0.2, -0.15) is 0 Å². The molecule has 2 aromatic rings. The average Bonchev–Trinajstić information content (AvgIpc) is 2.33. The summed E-state index contributed by atoms with van der Waals surface area (Å²) in [4.78, 5) is 0. The highest BCUT2D eigenvalue weighted by Crippen LogP contribution is 2.28. The molecule has 0 fully saturated rings. The van der Waals surface area contributed by atoms with Crippen LogP contribution in [0.3, 0.4) is 0 Å². The Kier molecular flexibility index (Phi) is 3.69. The number of halogens is 1. The van der Waals surface area contributed by atoms with Crippen LogP contribution in [0, 0.1) is 6.92 Å². The molecule has 0 bridgehead atoms. The topological polar surface area (TPSA) is 32.3 Å². The summed E-state index contributed by atoms with van der Waals surface area (Å²) in [6.45, 7) is 2.67. The molecule has 0 saturated heterocycles. The minimum atomic E-state index is 0.300. The Labute approximate surface area is 109 Å². The monoisotopic (exact) mass is 291 g/mol. The summed E-state index contributed by atoms with van der Waals surface area (Å²) in [5.74, 6) is 0.300. The predicted octanol–water partition coefficient (Wildman–Crippen LogP) is 4.08. The van der Waals surface area contributed by atoms with Crippen LogP contribution in [0.25, 0.3) is 0 Å². The minimum Gasteiger partial charge on any atom is -0.506 e. The first-order valence-corrected chi connectivity index (χ1v) is 6.23. The van der Waals surface area contributed by atoms with E-state index in [0.717, 1.165) is 15.7 Å². The van der Waals surface area contributed by atoms with Crippen molar-refractivity contribution in [2.45, 2.75) is 13.5 Å². The lowest BCUT2D eigenvalue weighted by Gasteiger charge is -2.11. The number of aryl methyl sites for hydroxylation is 1. The zero-order chi connectivity index (χ0) is 12.3. The minimum absolute atomic E-state index is 0.300. The van der Waals surface area contributed by atoms with Crippen molar-refractivity contribution in [1.29, 1.82) is 0 Å². The van der Waals surface area contributed by atoms with Gasteiger partial charge < -0.3 is 10.4 Å². The van der Waals surface area contributed by atoms with Gasteiger partial charge in [0.25, 0.3) is 0 Å². The molecule has 0 unspecified atom stereocenters. The van der Waals surface area contributed by atoms with E-state index >= 15 is 0 Å². The van der Waals surface area contributed by atoms with Gasteiger partial charge in [0.1, 0.15) is 5.75 Å². The number of nitrogens with one attached hydrogen (secondary N) is 1. The van der Waals surface area contributed by atoms with Crippen molar-refractivity contribution in [3.63, 3.8) is 0 Å². The first-order valence-electron chi connectivity index (χ1n) is 5.44. The van der Waals surface area contributed by atoms with Crippen LogP contribution < -0.4 is 5.32 Å². The van der Waals surface area contributed by atoms with Crippen molar-refractivity contribution >= 4 is 21.6 Å². The summed E-state index contributed by atoms with van der Waals surface area (Å²) in [6, 6.07) is 13.7. The maximum Gasteiger partial charge on any atom is 0.134 e. The third-order valence-electron chi connectivity index (χ3n) is 2.68. The van der Waals surface area contributed by atoms with E-state index in [1.165, 1.54) is 5.56 Å². The van der Waals surface area contributed by atoms with Crippen molar-refractivity contribution in [3.05, 3.63) is 58.1 Å². The van der Waals surface area contributed by atoms with Gasteiger partial charge in [-0.15, -0.1) is 0 Å².